The highest BCUT2D eigenvalue weighted by Crippen LogP contribution is 2.06. The van der Waals surface area contributed by atoms with Gasteiger partial charge in [0.1, 0.15) is 0 Å². The molecule has 0 fully saturated rings. The number of thioether (sulfide) groups is 1. The van der Waals surface area contributed by atoms with Crippen molar-refractivity contribution in [3.8, 4) is 0 Å². The summed E-state index contributed by atoms with van der Waals surface area (Å²) in [6, 6.07) is 4.02. The van der Waals surface area contributed by atoms with Crippen LogP contribution in [0.1, 0.15) is 12.0 Å². The molecule has 1 aromatic rings. The first-order valence-corrected chi connectivity index (χ1v) is 5.69. The molecule has 1 rings (SSSR count). The minimum Gasteiger partial charge on any atom is -0.370 e. The Morgan fingerprint density at radius 2 is 2.07 bits per heavy atom. The van der Waals surface area contributed by atoms with E-state index in [1.54, 1.807) is 24.2 Å². The molecule has 0 radical (unpaired) electrons. The van der Waals surface area contributed by atoms with Crippen molar-refractivity contribution < 1.29 is 4.79 Å². The van der Waals surface area contributed by atoms with Crippen LogP contribution in [0.3, 0.4) is 0 Å². The first-order chi connectivity index (χ1) is 6.79. The molecule has 0 spiro atoms. The quantitative estimate of drug-likeness (QED) is 0.718. The van der Waals surface area contributed by atoms with Gasteiger partial charge in [-0.05, 0) is 29.9 Å². The fraction of sp³-hybridized carbons (Fsp3) is 0.400. The van der Waals surface area contributed by atoms with Gasteiger partial charge in [-0.1, -0.05) is 0 Å². The molecule has 76 valence electrons. The minimum absolute atomic E-state index is 0.221. The molecule has 0 unspecified atom stereocenters. The zero-order chi connectivity index (χ0) is 10.2. The van der Waals surface area contributed by atoms with E-state index in [4.69, 9.17) is 5.73 Å². The molecule has 0 saturated carbocycles. The molecule has 0 aliphatic carbocycles. The number of pyridine rings is 1. The van der Waals surface area contributed by atoms with Crippen LogP contribution in [0, 0.1) is 0 Å². The van der Waals surface area contributed by atoms with Crippen LogP contribution in [-0.4, -0.2) is 22.4 Å². The molecule has 1 aromatic heterocycles. The van der Waals surface area contributed by atoms with Crippen molar-refractivity contribution in [2.45, 2.75) is 12.8 Å². The fourth-order valence-electron chi connectivity index (χ4n) is 1.01. The van der Waals surface area contributed by atoms with Gasteiger partial charge in [-0.3, -0.25) is 9.78 Å². The maximum atomic E-state index is 10.4. The third kappa shape index (κ3) is 4.87. The number of carbonyl (C=O) groups excluding carboxylic acids is 1. The second kappa shape index (κ2) is 6.43. The summed E-state index contributed by atoms with van der Waals surface area (Å²) in [5, 5.41) is 0. The molecule has 14 heavy (non-hydrogen) atoms. The molecule has 2 N–H and O–H groups in total. The molecule has 0 bridgehead atoms. The highest BCUT2D eigenvalue weighted by Gasteiger charge is 1.95. The van der Waals surface area contributed by atoms with E-state index in [2.05, 4.69) is 4.98 Å². The number of hydrogen-bond acceptors (Lipinski definition) is 3. The second-order valence-corrected chi connectivity index (χ2v) is 4.16. The van der Waals surface area contributed by atoms with E-state index in [1.807, 2.05) is 12.1 Å². The third-order valence-electron chi connectivity index (χ3n) is 1.78. The number of aromatic nitrogens is 1. The van der Waals surface area contributed by atoms with E-state index >= 15 is 0 Å². The lowest BCUT2D eigenvalue weighted by Crippen LogP contribution is -2.11. The Hall–Kier alpha value is -1.03. The van der Waals surface area contributed by atoms with Gasteiger partial charge in [0, 0.05) is 24.6 Å². The van der Waals surface area contributed by atoms with Crippen molar-refractivity contribution in [3.63, 3.8) is 0 Å². The summed E-state index contributed by atoms with van der Waals surface area (Å²) in [4.78, 5) is 14.4. The van der Waals surface area contributed by atoms with E-state index in [-0.39, 0.29) is 5.91 Å². The largest absolute Gasteiger partial charge is 0.370 e. The summed E-state index contributed by atoms with van der Waals surface area (Å²) >= 11 is 1.76. The van der Waals surface area contributed by atoms with Gasteiger partial charge in [-0.25, -0.2) is 0 Å². The molecule has 0 aromatic carbocycles. The molecule has 0 aliphatic heterocycles. The molecule has 3 nitrogen and oxygen atoms in total. The van der Waals surface area contributed by atoms with Gasteiger partial charge in [0.05, 0.1) is 0 Å². The average Bonchev–Trinajstić information content (AvgIpc) is 2.18. The van der Waals surface area contributed by atoms with Crippen LogP contribution in [0.15, 0.2) is 24.5 Å². The lowest BCUT2D eigenvalue weighted by Gasteiger charge is -2.00. The fourth-order valence-corrected chi connectivity index (χ4v) is 1.94. The molecule has 0 atom stereocenters. The second-order valence-electron chi connectivity index (χ2n) is 2.93. The monoisotopic (exact) mass is 210 g/mol. The standard InChI is InChI=1S/C10H14N2OS/c11-10(13)4-8-14-7-3-9-1-5-12-6-2-9/h1-2,5-6H,3-4,7-8H2,(H2,11,13). The number of carbonyl (C=O) groups is 1. The molecular formula is C10H14N2OS. The minimum atomic E-state index is -0.221. The third-order valence-corrected chi connectivity index (χ3v) is 2.76. The van der Waals surface area contributed by atoms with Crippen LogP contribution in [0.4, 0.5) is 0 Å². The Morgan fingerprint density at radius 1 is 1.36 bits per heavy atom. The highest BCUT2D eigenvalue weighted by molar-refractivity contribution is 7.99. The van der Waals surface area contributed by atoms with Gasteiger partial charge in [0.2, 0.25) is 5.91 Å². The van der Waals surface area contributed by atoms with Gasteiger partial charge in [-0.2, -0.15) is 11.8 Å². The maximum absolute atomic E-state index is 10.4. The van der Waals surface area contributed by atoms with Crippen LogP contribution >= 0.6 is 11.8 Å². The highest BCUT2D eigenvalue weighted by atomic mass is 32.2. The van der Waals surface area contributed by atoms with Crippen molar-refractivity contribution in [2.24, 2.45) is 5.73 Å². The molecule has 1 heterocycles. The Balaban J connectivity index is 2.08. The molecule has 1 amide bonds. The maximum Gasteiger partial charge on any atom is 0.218 e. The van der Waals surface area contributed by atoms with E-state index in [0.29, 0.717) is 6.42 Å². The lowest BCUT2D eigenvalue weighted by atomic mass is 10.2. The van der Waals surface area contributed by atoms with Crippen LogP contribution < -0.4 is 5.73 Å². The molecule has 0 saturated heterocycles. The van der Waals surface area contributed by atoms with Crippen molar-refractivity contribution in [1.29, 1.82) is 0 Å². The van der Waals surface area contributed by atoms with Crippen LogP contribution in [0.2, 0.25) is 0 Å². The van der Waals surface area contributed by atoms with Crippen molar-refractivity contribution in [1.82, 2.24) is 4.98 Å². The number of nitrogens with zero attached hydrogens (tertiary/aromatic N) is 1. The number of primary amides is 1. The summed E-state index contributed by atoms with van der Waals surface area (Å²) in [5.41, 5.74) is 6.31. The predicted molar refractivity (Wildman–Crippen MR) is 59.1 cm³/mol. The summed E-state index contributed by atoms with van der Waals surface area (Å²) in [6.07, 6.45) is 5.08. The van der Waals surface area contributed by atoms with E-state index < -0.39 is 0 Å². The van der Waals surface area contributed by atoms with Gasteiger partial charge in [-0.15, -0.1) is 0 Å². The topological polar surface area (TPSA) is 56.0 Å². The van der Waals surface area contributed by atoms with Crippen LogP contribution in [0.5, 0.6) is 0 Å². The van der Waals surface area contributed by atoms with Gasteiger partial charge < -0.3 is 5.73 Å². The normalized spacial score (nSPS) is 10.0. The number of aryl methyl sites for hydroxylation is 1. The molecular weight excluding hydrogens is 196 g/mol. The Bertz CT molecular complexity index is 277. The number of hydrogen-bond donors (Lipinski definition) is 1. The predicted octanol–water partition coefficient (Wildman–Crippen LogP) is 1.23. The Labute approximate surface area is 88.1 Å². The van der Waals surface area contributed by atoms with E-state index in [1.165, 1.54) is 5.56 Å². The molecule has 4 heteroatoms. The van der Waals surface area contributed by atoms with Gasteiger partial charge >= 0.3 is 0 Å². The average molecular weight is 210 g/mol. The smallest absolute Gasteiger partial charge is 0.218 e. The van der Waals surface area contributed by atoms with Crippen LogP contribution in [-0.2, 0) is 11.2 Å². The summed E-state index contributed by atoms with van der Waals surface area (Å²) in [7, 11) is 0. The van der Waals surface area contributed by atoms with E-state index in [9.17, 15) is 4.79 Å². The number of rotatable bonds is 6. The van der Waals surface area contributed by atoms with Crippen molar-refractivity contribution in [3.05, 3.63) is 30.1 Å². The van der Waals surface area contributed by atoms with Crippen molar-refractivity contribution >= 4 is 17.7 Å². The number of amides is 1. The zero-order valence-corrected chi connectivity index (χ0v) is 8.80. The lowest BCUT2D eigenvalue weighted by molar-refractivity contribution is -0.117. The first kappa shape index (κ1) is 11.0. The SMILES string of the molecule is NC(=O)CCSCCc1ccncc1. The van der Waals surface area contributed by atoms with Gasteiger partial charge in [0.15, 0.2) is 0 Å². The molecule has 0 aliphatic rings. The Kier molecular flexibility index (Phi) is 5.07. The van der Waals surface area contributed by atoms with Gasteiger partial charge in [0.25, 0.3) is 0 Å². The first-order valence-electron chi connectivity index (χ1n) is 4.54. The summed E-state index contributed by atoms with van der Waals surface area (Å²) in [5.74, 6) is 1.62. The zero-order valence-electron chi connectivity index (χ0n) is 7.98. The van der Waals surface area contributed by atoms with Crippen LogP contribution in [0.25, 0.3) is 0 Å². The van der Waals surface area contributed by atoms with Crippen molar-refractivity contribution in [2.75, 3.05) is 11.5 Å². The summed E-state index contributed by atoms with van der Waals surface area (Å²) < 4.78 is 0. The Morgan fingerprint density at radius 3 is 2.71 bits per heavy atom. The summed E-state index contributed by atoms with van der Waals surface area (Å²) in [6.45, 7) is 0. The number of nitrogens with two attached hydrogens (primary N) is 1. The van der Waals surface area contributed by atoms with E-state index in [0.717, 1.165) is 17.9 Å².